The van der Waals surface area contributed by atoms with E-state index in [1.165, 1.54) is 19.3 Å². The molecule has 5 saturated carbocycles. The van der Waals surface area contributed by atoms with Crippen molar-refractivity contribution >= 4 is 17.8 Å². The maximum atomic E-state index is 13.5. The minimum absolute atomic E-state index is 0.175. The van der Waals surface area contributed by atoms with E-state index in [-0.39, 0.29) is 36.2 Å². The molecule has 29 heavy (non-hydrogen) atoms. The van der Waals surface area contributed by atoms with Crippen LogP contribution in [-0.2, 0) is 9.59 Å². The Balaban J connectivity index is 1.36. The number of carbonyl (C=O) groups is 3. The highest BCUT2D eigenvalue weighted by Gasteiger charge is 2.58. The lowest BCUT2D eigenvalue weighted by molar-refractivity contribution is -0.153. The molecule has 1 atom stereocenters. The van der Waals surface area contributed by atoms with Crippen molar-refractivity contribution in [2.45, 2.75) is 75.8 Å². The molecule has 1 heterocycles. The zero-order valence-electron chi connectivity index (χ0n) is 17.2. The Morgan fingerprint density at radius 2 is 1.76 bits per heavy atom. The summed E-state index contributed by atoms with van der Waals surface area (Å²) < 4.78 is 0. The number of amides is 4. The Morgan fingerprint density at radius 1 is 1.17 bits per heavy atom. The van der Waals surface area contributed by atoms with Crippen LogP contribution in [0.25, 0.3) is 0 Å². The maximum absolute atomic E-state index is 13.5. The van der Waals surface area contributed by atoms with E-state index in [1.807, 2.05) is 4.90 Å². The lowest BCUT2D eigenvalue weighted by Crippen LogP contribution is -2.63. The lowest BCUT2D eigenvalue weighted by atomic mass is 9.52. The van der Waals surface area contributed by atoms with Crippen molar-refractivity contribution < 1.29 is 14.4 Å². The van der Waals surface area contributed by atoms with Gasteiger partial charge in [-0.1, -0.05) is 0 Å². The van der Waals surface area contributed by atoms with E-state index in [2.05, 4.69) is 11.4 Å². The fraction of sp³-hybridized carbons (Fsp3) is 0.818. The predicted octanol–water partition coefficient (Wildman–Crippen LogP) is 2.42. The van der Waals surface area contributed by atoms with Gasteiger partial charge in [0.15, 0.2) is 0 Å². The number of nitrogens with zero attached hydrogens (tertiary/aromatic N) is 3. The van der Waals surface area contributed by atoms with Crippen LogP contribution in [0.5, 0.6) is 0 Å². The number of hydrogen-bond acceptors (Lipinski definition) is 4. The molecule has 7 heteroatoms. The van der Waals surface area contributed by atoms with E-state index in [1.54, 1.807) is 6.92 Å². The predicted molar refractivity (Wildman–Crippen MR) is 104 cm³/mol. The minimum atomic E-state index is -0.866. The molecular weight excluding hydrogens is 368 g/mol. The van der Waals surface area contributed by atoms with E-state index >= 15 is 0 Å². The summed E-state index contributed by atoms with van der Waals surface area (Å²) >= 11 is 0. The fourth-order valence-electron chi connectivity index (χ4n) is 7.20. The Bertz CT molecular complexity index is 763. The van der Waals surface area contributed by atoms with Gasteiger partial charge in [0.1, 0.15) is 12.1 Å². The van der Waals surface area contributed by atoms with Crippen molar-refractivity contribution in [3.05, 3.63) is 0 Å². The Morgan fingerprint density at radius 3 is 2.28 bits per heavy atom. The van der Waals surface area contributed by atoms with Gasteiger partial charge in [-0.2, -0.15) is 5.26 Å². The molecule has 1 aliphatic heterocycles. The Labute approximate surface area is 171 Å². The molecule has 0 aromatic heterocycles. The molecule has 7 nitrogen and oxygen atoms in total. The van der Waals surface area contributed by atoms with Crippen LogP contribution in [0, 0.1) is 35.0 Å². The first-order chi connectivity index (χ1) is 13.8. The van der Waals surface area contributed by atoms with Gasteiger partial charge in [-0.3, -0.25) is 14.5 Å². The summed E-state index contributed by atoms with van der Waals surface area (Å²) in [5.41, 5.74) is -1.04. The average molecular weight is 399 g/mol. The van der Waals surface area contributed by atoms with Gasteiger partial charge in [-0.25, -0.2) is 4.79 Å². The van der Waals surface area contributed by atoms with Crippen molar-refractivity contribution in [1.82, 2.24) is 15.1 Å². The highest BCUT2D eigenvalue weighted by Crippen LogP contribution is 2.58. The topological polar surface area (TPSA) is 93.5 Å². The maximum Gasteiger partial charge on any atom is 0.325 e. The second-order valence-electron chi connectivity index (χ2n) is 10.4. The van der Waals surface area contributed by atoms with Gasteiger partial charge in [0.25, 0.3) is 5.91 Å². The fourth-order valence-corrected chi connectivity index (χ4v) is 7.20. The van der Waals surface area contributed by atoms with Crippen molar-refractivity contribution in [2.24, 2.45) is 23.7 Å². The summed E-state index contributed by atoms with van der Waals surface area (Å²) in [6.07, 6.45) is 9.00. The Kier molecular flexibility index (Phi) is 4.20. The molecule has 0 aromatic rings. The third kappa shape index (κ3) is 2.94. The third-order valence-corrected chi connectivity index (χ3v) is 8.32. The van der Waals surface area contributed by atoms with Gasteiger partial charge >= 0.3 is 6.03 Å². The molecule has 156 valence electrons. The molecule has 4 bridgehead atoms. The van der Waals surface area contributed by atoms with Crippen LogP contribution >= 0.6 is 0 Å². The van der Waals surface area contributed by atoms with E-state index in [0.717, 1.165) is 37.0 Å². The first-order valence-corrected chi connectivity index (χ1v) is 11.2. The third-order valence-electron chi connectivity index (χ3n) is 8.32. The number of nitrogens with one attached hydrogen (secondary N) is 1. The van der Waals surface area contributed by atoms with Crippen LogP contribution < -0.4 is 5.32 Å². The number of hydrogen-bond donors (Lipinski definition) is 1. The first-order valence-electron chi connectivity index (χ1n) is 11.2. The molecule has 0 radical (unpaired) electrons. The molecule has 1 saturated heterocycles. The summed E-state index contributed by atoms with van der Waals surface area (Å²) in [6.45, 7) is 1.97. The van der Waals surface area contributed by atoms with Crippen LogP contribution in [0.2, 0.25) is 0 Å². The largest absolute Gasteiger partial charge is 0.334 e. The molecule has 6 fully saturated rings. The van der Waals surface area contributed by atoms with E-state index < -0.39 is 11.6 Å². The molecule has 0 spiro atoms. The molecule has 6 rings (SSSR count). The minimum Gasteiger partial charge on any atom is -0.334 e. The van der Waals surface area contributed by atoms with Gasteiger partial charge in [0, 0.05) is 12.1 Å². The number of imide groups is 1. The van der Waals surface area contributed by atoms with Crippen molar-refractivity contribution in [3.8, 4) is 6.07 Å². The molecule has 4 amide bonds. The smallest absolute Gasteiger partial charge is 0.325 e. The molecule has 1 unspecified atom stereocenters. The molecule has 5 aliphatic carbocycles. The van der Waals surface area contributed by atoms with Gasteiger partial charge < -0.3 is 10.2 Å². The first kappa shape index (κ1) is 18.9. The van der Waals surface area contributed by atoms with E-state index in [4.69, 9.17) is 5.26 Å². The van der Waals surface area contributed by atoms with Crippen LogP contribution in [0.3, 0.4) is 0 Å². The van der Waals surface area contributed by atoms with Crippen LogP contribution in [0.4, 0.5) is 4.79 Å². The normalized spacial score (nSPS) is 40.1. The number of nitriles is 1. The SMILES string of the molecule is CC1(C2CC2)NC(=O)N(CC(=O)N(CCC#N)C23CC4CC(CC(C4)C2)C3)C1=O. The lowest BCUT2D eigenvalue weighted by Gasteiger charge is -2.60. The second-order valence-corrected chi connectivity index (χ2v) is 10.4. The average Bonchev–Trinajstić information content (AvgIpc) is 3.47. The van der Waals surface area contributed by atoms with Crippen molar-refractivity contribution in [1.29, 1.82) is 5.26 Å². The van der Waals surface area contributed by atoms with Crippen molar-refractivity contribution in [2.75, 3.05) is 13.1 Å². The zero-order chi connectivity index (χ0) is 20.4. The summed E-state index contributed by atoms with van der Waals surface area (Å²) in [4.78, 5) is 41.9. The standard InChI is InChI=1S/C22H30N4O3/c1-21(17-3-4-17)19(28)25(20(29)24-21)13-18(27)26(6-2-5-23)22-10-14-7-15(11-22)9-16(8-14)12-22/h14-17H,2-4,6-13H2,1H3,(H,24,29). The quantitative estimate of drug-likeness (QED) is 0.695. The number of rotatable bonds is 6. The molecule has 1 N–H and O–H groups in total. The Hall–Kier alpha value is -2.10. The molecular formula is C22H30N4O3. The van der Waals surface area contributed by atoms with E-state index in [0.29, 0.717) is 24.3 Å². The van der Waals surface area contributed by atoms with Crippen LogP contribution in [0.1, 0.15) is 64.7 Å². The summed E-state index contributed by atoms with van der Waals surface area (Å²) in [7, 11) is 0. The molecule has 0 aromatic carbocycles. The number of urea groups is 1. The monoisotopic (exact) mass is 398 g/mol. The van der Waals surface area contributed by atoms with Gasteiger partial charge in [0.05, 0.1) is 12.5 Å². The van der Waals surface area contributed by atoms with Crippen LogP contribution in [0.15, 0.2) is 0 Å². The second kappa shape index (κ2) is 6.45. The highest BCUT2D eigenvalue weighted by atomic mass is 16.2. The zero-order valence-corrected chi connectivity index (χ0v) is 17.2. The summed E-state index contributed by atoms with van der Waals surface area (Å²) in [5, 5.41) is 12.0. The summed E-state index contributed by atoms with van der Waals surface area (Å²) in [6, 6.07) is 1.72. The number of carbonyl (C=O) groups excluding carboxylic acids is 3. The highest BCUT2D eigenvalue weighted by molar-refractivity contribution is 6.09. The van der Waals surface area contributed by atoms with Gasteiger partial charge in [-0.15, -0.1) is 0 Å². The van der Waals surface area contributed by atoms with Crippen LogP contribution in [-0.4, -0.2) is 51.8 Å². The molecule has 6 aliphatic rings. The summed E-state index contributed by atoms with van der Waals surface area (Å²) in [5.74, 6) is 1.75. The van der Waals surface area contributed by atoms with Gasteiger partial charge in [0.2, 0.25) is 5.91 Å². The van der Waals surface area contributed by atoms with E-state index in [9.17, 15) is 14.4 Å². The van der Waals surface area contributed by atoms with Crippen molar-refractivity contribution in [3.63, 3.8) is 0 Å². The van der Waals surface area contributed by atoms with Gasteiger partial charge in [-0.05, 0) is 82.0 Å².